The maximum atomic E-state index is 12.5. The van der Waals surface area contributed by atoms with Crippen molar-refractivity contribution >= 4 is 0 Å². The fourth-order valence-electron chi connectivity index (χ4n) is 2.85. The van der Waals surface area contributed by atoms with Crippen LogP contribution in [0.1, 0.15) is 24.1 Å². The summed E-state index contributed by atoms with van der Waals surface area (Å²) in [5.74, 6) is 0. The third kappa shape index (κ3) is 3.28. The van der Waals surface area contributed by atoms with Gasteiger partial charge in [0, 0.05) is 12.1 Å². The summed E-state index contributed by atoms with van der Waals surface area (Å²) in [5.41, 5.74) is 2.27. The minimum absolute atomic E-state index is 0.0199. The second-order valence-electron chi connectivity index (χ2n) is 5.04. The molecule has 0 saturated carbocycles. The molecular formula is C14H19F3N2. The Labute approximate surface area is 111 Å². The van der Waals surface area contributed by atoms with Gasteiger partial charge in [0.15, 0.2) is 0 Å². The van der Waals surface area contributed by atoms with Gasteiger partial charge in [-0.2, -0.15) is 13.2 Å². The van der Waals surface area contributed by atoms with Crippen molar-refractivity contribution in [2.45, 2.75) is 31.6 Å². The van der Waals surface area contributed by atoms with Crippen LogP contribution in [0.25, 0.3) is 0 Å². The third-order valence-corrected chi connectivity index (χ3v) is 3.62. The number of hydrogen-bond acceptors (Lipinski definition) is 2. The van der Waals surface area contributed by atoms with Crippen molar-refractivity contribution in [3.8, 4) is 0 Å². The van der Waals surface area contributed by atoms with Crippen LogP contribution in [-0.4, -0.2) is 37.3 Å². The highest BCUT2D eigenvalue weighted by Gasteiger charge is 2.38. The lowest BCUT2D eigenvalue weighted by atomic mass is 10.1. The van der Waals surface area contributed by atoms with Crippen molar-refractivity contribution in [1.82, 2.24) is 10.2 Å². The van der Waals surface area contributed by atoms with E-state index in [0.29, 0.717) is 6.42 Å². The van der Waals surface area contributed by atoms with E-state index in [4.69, 9.17) is 0 Å². The normalized spacial score (nSPS) is 22.8. The van der Waals surface area contributed by atoms with E-state index in [1.165, 1.54) is 4.90 Å². The van der Waals surface area contributed by atoms with Crippen LogP contribution in [0.5, 0.6) is 0 Å². The third-order valence-electron chi connectivity index (χ3n) is 3.62. The molecule has 1 aromatic rings. The largest absolute Gasteiger partial charge is 0.401 e. The first-order chi connectivity index (χ1) is 8.92. The molecule has 19 heavy (non-hydrogen) atoms. The zero-order chi connectivity index (χ0) is 14.0. The first kappa shape index (κ1) is 14.3. The molecule has 0 fully saturated rings. The second-order valence-corrected chi connectivity index (χ2v) is 5.04. The predicted octanol–water partition coefficient (Wildman–Crippen LogP) is 2.76. The predicted molar refractivity (Wildman–Crippen MR) is 69.0 cm³/mol. The molecule has 0 heterocycles. The molecule has 0 aliphatic heterocycles. The van der Waals surface area contributed by atoms with Gasteiger partial charge in [0.1, 0.15) is 0 Å². The minimum atomic E-state index is -4.15. The van der Waals surface area contributed by atoms with E-state index >= 15 is 0 Å². The van der Waals surface area contributed by atoms with Crippen LogP contribution in [0.15, 0.2) is 24.3 Å². The van der Waals surface area contributed by atoms with Crippen LogP contribution >= 0.6 is 0 Å². The maximum absolute atomic E-state index is 12.5. The molecule has 1 aliphatic rings. The molecule has 2 unspecified atom stereocenters. The molecule has 0 radical (unpaired) electrons. The van der Waals surface area contributed by atoms with E-state index < -0.39 is 12.7 Å². The molecule has 1 aliphatic carbocycles. The fraction of sp³-hybridized carbons (Fsp3) is 0.571. The molecular weight excluding hydrogens is 253 g/mol. The van der Waals surface area contributed by atoms with Gasteiger partial charge in [-0.15, -0.1) is 0 Å². The van der Waals surface area contributed by atoms with Crippen LogP contribution < -0.4 is 5.32 Å². The summed E-state index contributed by atoms with van der Waals surface area (Å²) >= 11 is 0. The van der Waals surface area contributed by atoms with Crippen molar-refractivity contribution in [2.24, 2.45) is 0 Å². The number of rotatable bonds is 4. The number of nitrogens with zero attached hydrogens (tertiary/aromatic N) is 1. The van der Waals surface area contributed by atoms with Crippen LogP contribution in [0.2, 0.25) is 0 Å². The minimum Gasteiger partial charge on any atom is -0.309 e. The summed E-state index contributed by atoms with van der Waals surface area (Å²) in [4.78, 5) is 1.41. The summed E-state index contributed by atoms with van der Waals surface area (Å²) in [6.45, 7) is 1.85. The Morgan fingerprint density at radius 3 is 2.63 bits per heavy atom. The molecule has 0 saturated heterocycles. The molecule has 1 aromatic carbocycles. The Morgan fingerprint density at radius 2 is 2.00 bits per heavy atom. The topological polar surface area (TPSA) is 15.3 Å². The quantitative estimate of drug-likeness (QED) is 0.906. The lowest BCUT2D eigenvalue weighted by Gasteiger charge is -2.31. The first-order valence-electron chi connectivity index (χ1n) is 6.50. The van der Waals surface area contributed by atoms with E-state index in [-0.39, 0.29) is 12.1 Å². The molecule has 0 spiro atoms. The monoisotopic (exact) mass is 272 g/mol. The highest BCUT2D eigenvalue weighted by molar-refractivity contribution is 5.37. The molecule has 2 atom stereocenters. The van der Waals surface area contributed by atoms with Gasteiger partial charge in [-0.3, -0.25) is 4.90 Å². The van der Waals surface area contributed by atoms with Crippen molar-refractivity contribution < 1.29 is 13.2 Å². The Morgan fingerprint density at radius 1 is 1.32 bits per heavy atom. The van der Waals surface area contributed by atoms with Crippen LogP contribution in [-0.2, 0) is 6.42 Å². The van der Waals surface area contributed by atoms with Gasteiger partial charge < -0.3 is 5.32 Å². The Kier molecular flexibility index (Phi) is 4.16. The van der Waals surface area contributed by atoms with Gasteiger partial charge in [0.05, 0.1) is 6.54 Å². The highest BCUT2D eigenvalue weighted by Crippen LogP contribution is 2.34. The SMILES string of the molecule is CCNC1c2ccccc2CC1N(C)CC(F)(F)F. The van der Waals surface area contributed by atoms with Crippen molar-refractivity contribution in [3.05, 3.63) is 35.4 Å². The Bertz CT molecular complexity index is 431. The Hall–Kier alpha value is -1.07. The zero-order valence-corrected chi connectivity index (χ0v) is 11.2. The van der Waals surface area contributed by atoms with Gasteiger partial charge in [0.2, 0.25) is 0 Å². The highest BCUT2D eigenvalue weighted by atomic mass is 19.4. The Balaban J connectivity index is 2.18. The molecule has 5 heteroatoms. The maximum Gasteiger partial charge on any atom is 0.401 e. The molecule has 0 aromatic heterocycles. The lowest BCUT2D eigenvalue weighted by molar-refractivity contribution is -0.148. The number of hydrogen-bond donors (Lipinski definition) is 1. The summed E-state index contributed by atoms with van der Waals surface area (Å²) in [6, 6.07) is 7.72. The number of benzene rings is 1. The van der Waals surface area contributed by atoms with Crippen LogP contribution in [0, 0.1) is 0 Å². The van der Waals surface area contributed by atoms with Gasteiger partial charge in [-0.05, 0) is 31.1 Å². The number of halogens is 3. The van der Waals surface area contributed by atoms with Crippen molar-refractivity contribution in [3.63, 3.8) is 0 Å². The molecule has 1 N–H and O–H groups in total. The van der Waals surface area contributed by atoms with Crippen molar-refractivity contribution in [2.75, 3.05) is 20.1 Å². The number of nitrogens with one attached hydrogen (secondary N) is 1. The summed E-state index contributed by atoms with van der Waals surface area (Å²) in [5, 5.41) is 3.31. The summed E-state index contributed by atoms with van der Waals surface area (Å²) in [7, 11) is 1.55. The average molecular weight is 272 g/mol. The van der Waals surface area contributed by atoms with E-state index in [0.717, 1.165) is 17.7 Å². The standard InChI is InChI=1S/C14H19F3N2/c1-3-18-13-11-7-5-4-6-10(11)8-12(13)19(2)9-14(15,16)17/h4-7,12-13,18H,3,8-9H2,1-2H3. The molecule has 0 bridgehead atoms. The number of fused-ring (bicyclic) bond motifs is 1. The molecule has 0 amide bonds. The lowest BCUT2D eigenvalue weighted by Crippen LogP contribution is -2.44. The van der Waals surface area contributed by atoms with Crippen molar-refractivity contribution in [1.29, 1.82) is 0 Å². The average Bonchev–Trinajstić information content (AvgIpc) is 2.67. The first-order valence-corrected chi connectivity index (χ1v) is 6.50. The second kappa shape index (κ2) is 5.51. The summed E-state index contributed by atoms with van der Waals surface area (Å²) in [6.07, 6.45) is -3.49. The van der Waals surface area contributed by atoms with E-state index in [9.17, 15) is 13.2 Å². The van der Waals surface area contributed by atoms with Gasteiger partial charge in [-0.25, -0.2) is 0 Å². The van der Waals surface area contributed by atoms with Gasteiger partial charge in [-0.1, -0.05) is 31.2 Å². The fourth-order valence-corrected chi connectivity index (χ4v) is 2.85. The van der Waals surface area contributed by atoms with Gasteiger partial charge in [0.25, 0.3) is 0 Å². The molecule has 2 nitrogen and oxygen atoms in total. The molecule has 2 rings (SSSR count). The van der Waals surface area contributed by atoms with E-state index in [2.05, 4.69) is 5.32 Å². The van der Waals surface area contributed by atoms with Crippen LogP contribution in [0.4, 0.5) is 13.2 Å². The molecule has 106 valence electrons. The van der Waals surface area contributed by atoms with E-state index in [1.54, 1.807) is 7.05 Å². The van der Waals surface area contributed by atoms with Gasteiger partial charge >= 0.3 is 6.18 Å². The summed E-state index contributed by atoms with van der Waals surface area (Å²) < 4.78 is 37.6. The number of likely N-dealkylation sites (N-methyl/N-ethyl adjacent to an activating group) is 2. The number of alkyl halides is 3. The van der Waals surface area contributed by atoms with E-state index in [1.807, 2.05) is 31.2 Å². The van der Waals surface area contributed by atoms with Crippen LogP contribution in [0.3, 0.4) is 0 Å². The zero-order valence-electron chi connectivity index (χ0n) is 11.2. The smallest absolute Gasteiger partial charge is 0.309 e.